The third-order valence-electron chi connectivity index (χ3n) is 2.59. The van der Waals surface area contributed by atoms with Gasteiger partial charge in [-0.3, -0.25) is 0 Å². The first-order valence-electron chi connectivity index (χ1n) is 6.15. The summed E-state index contributed by atoms with van der Waals surface area (Å²) in [6, 6.07) is 7.73. The summed E-state index contributed by atoms with van der Waals surface area (Å²) in [5.41, 5.74) is 7.58. The molecule has 20 heavy (non-hydrogen) atoms. The molecule has 0 fully saturated rings. The highest BCUT2D eigenvalue weighted by Gasteiger charge is 2.25. The van der Waals surface area contributed by atoms with E-state index in [9.17, 15) is 4.79 Å². The largest absolute Gasteiger partial charge is 0.456 e. The summed E-state index contributed by atoms with van der Waals surface area (Å²) in [4.78, 5) is 12.3. The van der Waals surface area contributed by atoms with Gasteiger partial charge in [0.25, 0.3) is 0 Å². The molecule has 2 N–H and O–H groups in total. The first kappa shape index (κ1) is 15.1. The Hall–Kier alpha value is -1.33. The van der Waals surface area contributed by atoms with E-state index < -0.39 is 5.60 Å². The second-order valence-electron chi connectivity index (χ2n) is 5.37. The average molecular weight is 354 g/mol. The van der Waals surface area contributed by atoms with Crippen LogP contribution in [0, 0.1) is 0 Å². The summed E-state index contributed by atoms with van der Waals surface area (Å²) >= 11 is 4.84. The van der Waals surface area contributed by atoms with E-state index >= 15 is 0 Å². The summed E-state index contributed by atoms with van der Waals surface area (Å²) in [5.74, 6) is -0.387. The van der Waals surface area contributed by atoms with Crippen molar-refractivity contribution in [3.05, 3.63) is 39.7 Å². The number of hydrogen-bond donors (Lipinski definition) is 1. The lowest BCUT2D eigenvalue weighted by Crippen LogP contribution is -2.24. The van der Waals surface area contributed by atoms with Crippen molar-refractivity contribution >= 4 is 38.2 Å². The summed E-state index contributed by atoms with van der Waals surface area (Å²) < 4.78 is 6.36. The predicted molar refractivity (Wildman–Crippen MR) is 87.0 cm³/mol. The number of carbonyl (C=O) groups is 1. The number of anilines is 1. The fourth-order valence-corrected chi connectivity index (χ4v) is 3.09. The van der Waals surface area contributed by atoms with Crippen LogP contribution in [0.3, 0.4) is 0 Å². The zero-order chi connectivity index (χ0) is 14.9. The van der Waals surface area contributed by atoms with E-state index in [0.717, 1.165) is 15.6 Å². The van der Waals surface area contributed by atoms with Gasteiger partial charge in [0.05, 0.1) is 0 Å². The highest BCUT2D eigenvalue weighted by atomic mass is 79.9. The van der Waals surface area contributed by atoms with E-state index in [1.54, 1.807) is 0 Å². The van der Waals surface area contributed by atoms with Gasteiger partial charge < -0.3 is 10.5 Å². The monoisotopic (exact) mass is 353 g/mol. The Kier molecular flexibility index (Phi) is 4.20. The van der Waals surface area contributed by atoms with Crippen molar-refractivity contribution in [1.82, 2.24) is 0 Å². The van der Waals surface area contributed by atoms with Gasteiger partial charge in [0.2, 0.25) is 0 Å². The Bertz CT molecular complexity index is 644. The zero-order valence-corrected chi connectivity index (χ0v) is 14.0. The highest BCUT2D eigenvalue weighted by molar-refractivity contribution is 9.10. The molecule has 0 saturated heterocycles. The van der Waals surface area contributed by atoms with Crippen LogP contribution in [0.25, 0.3) is 11.1 Å². The Morgan fingerprint density at radius 3 is 2.50 bits per heavy atom. The van der Waals surface area contributed by atoms with Crippen molar-refractivity contribution in [3.63, 3.8) is 0 Å². The summed E-state index contributed by atoms with van der Waals surface area (Å²) in [5, 5.41) is 2.36. The standard InChI is InChI=1S/C15H16BrNO2S/c1-15(2,3)19-14(18)12-10(8-20-13(12)17)9-6-4-5-7-11(9)16/h4-8H,17H2,1-3H3. The van der Waals surface area contributed by atoms with Crippen molar-refractivity contribution in [2.75, 3.05) is 5.73 Å². The molecule has 0 atom stereocenters. The third kappa shape index (κ3) is 3.22. The van der Waals surface area contributed by atoms with Gasteiger partial charge in [-0.1, -0.05) is 34.1 Å². The van der Waals surface area contributed by atoms with Gasteiger partial charge in [-0.15, -0.1) is 11.3 Å². The van der Waals surface area contributed by atoms with Gasteiger partial charge in [0.15, 0.2) is 0 Å². The highest BCUT2D eigenvalue weighted by Crippen LogP contribution is 2.38. The fourth-order valence-electron chi connectivity index (χ4n) is 1.79. The van der Waals surface area contributed by atoms with Crippen LogP contribution in [0.1, 0.15) is 31.1 Å². The summed E-state index contributed by atoms with van der Waals surface area (Å²) in [7, 11) is 0. The number of benzene rings is 1. The van der Waals surface area contributed by atoms with Crippen LogP contribution in [0.15, 0.2) is 34.1 Å². The minimum absolute atomic E-state index is 0.387. The van der Waals surface area contributed by atoms with E-state index in [1.165, 1.54) is 11.3 Å². The molecule has 1 heterocycles. The number of nitrogens with two attached hydrogens (primary N) is 1. The van der Waals surface area contributed by atoms with Crippen molar-refractivity contribution in [3.8, 4) is 11.1 Å². The molecular formula is C15H16BrNO2S. The Morgan fingerprint density at radius 1 is 1.25 bits per heavy atom. The van der Waals surface area contributed by atoms with Gasteiger partial charge in [-0.25, -0.2) is 4.79 Å². The van der Waals surface area contributed by atoms with Gasteiger partial charge in [0, 0.05) is 15.4 Å². The maximum absolute atomic E-state index is 12.3. The molecule has 1 aromatic carbocycles. The van der Waals surface area contributed by atoms with E-state index in [-0.39, 0.29) is 5.97 Å². The van der Waals surface area contributed by atoms with E-state index in [4.69, 9.17) is 10.5 Å². The molecule has 0 saturated carbocycles. The lowest BCUT2D eigenvalue weighted by molar-refractivity contribution is 0.00722. The number of hydrogen-bond acceptors (Lipinski definition) is 4. The van der Waals surface area contributed by atoms with Crippen molar-refractivity contribution in [2.24, 2.45) is 0 Å². The lowest BCUT2D eigenvalue weighted by Gasteiger charge is -2.20. The molecule has 0 aliphatic rings. The SMILES string of the molecule is CC(C)(C)OC(=O)c1c(-c2ccccc2Br)csc1N. The van der Waals surface area contributed by atoms with Crippen LogP contribution in [-0.4, -0.2) is 11.6 Å². The zero-order valence-electron chi connectivity index (χ0n) is 11.6. The first-order valence-corrected chi connectivity index (χ1v) is 7.82. The number of nitrogen functional groups attached to an aromatic ring is 1. The van der Waals surface area contributed by atoms with Crippen LogP contribution in [0.5, 0.6) is 0 Å². The molecule has 1 aromatic heterocycles. The maximum atomic E-state index is 12.3. The quantitative estimate of drug-likeness (QED) is 0.795. The second kappa shape index (κ2) is 5.58. The average Bonchev–Trinajstić information content (AvgIpc) is 2.69. The van der Waals surface area contributed by atoms with Gasteiger partial charge >= 0.3 is 5.97 Å². The smallest absolute Gasteiger partial charge is 0.342 e. The topological polar surface area (TPSA) is 52.3 Å². The van der Waals surface area contributed by atoms with Crippen LogP contribution in [0.4, 0.5) is 5.00 Å². The van der Waals surface area contributed by atoms with Crippen molar-refractivity contribution in [1.29, 1.82) is 0 Å². The minimum atomic E-state index is -0.545. The fraction of sp³-hybridized carbons (Fsp3) is 0.267. The van der Waals surface area contributed by atoms with E-state index in [2.05, 4.69) is 15.9 Å². The van der Waals surface area contributed by atoms with Gasteiger partial charge in [-0.05, 0) is 32.4 Å². The van der Waals surface area contributed by atoms with Crippen molar-refractivity contribution in [2.45, 2.75) is 26.4 Å². The Balaban J connectivity index is 2.48. The molecule has 106 valence electrons. The molecule has 0 aliphatic heterocycles. The molecule has 0 radical (unpaired) electrons. The lowest BCUT2D eigenvalue weighted by atomic mass is 10.0. The van der Waals surface area contributed by atoms with Crippen LogP contribution >= 0.6 is 27.3 Å². The molecule has 0 bridgehead atoms. The first-order chi connectivity index (χ1) is 9.29. The number of ether oxygens (including phenoxy) is 1. The Labute approximate surface area is 130 Å². The van der Waals surface area contributed by atoms with Gasteiger partial charge in [0.1, 0.15) is 16.2 Å². The molecule has 0 amide bonds. The summed E-state index contributed by atoms with van der Waals surface area (Å²) in [6.45, 7) is 5.52. The third-order valence-corrected chi connectivity index (χ3v) is 4.09. The molecule has 2 aromatic rings. The van der Waals surface area contributed by atoms with E-state index in [0.29, 0.717) is 10.6 Å². The predicted octanol–water partition coefficient (Wildman–Crippen LogP) is 4.72. The molecule has 2 rings (SSSR count). The number of thiophene rings is 1. The van der Waals surface area contributed by atoms with Crippen LogP contribution in [0.2, 0.25) is 0 Å². The molecule has 0 aliphatic carbocycles. The number of esters is 1. The molecule has 5 heteroatoms. The number of halogens is 1. The van der Waals surface area contributed by atoms with Crippen molar-refractivity contribution < 1.29 is 9.53 Å². The molecular weight excluding hydrogens is 338 g/mol. The van der Waals surface area contributed by atoms with Crippen LogP contribution in [-0.2, 0) is 4.74 Å². The Morgan fingerprint density at radius 2 is 1.90 bits per heavy atom. The molecule has 0 spiro atoms. The molecule has 3 nitrogen and oxygen atoms in total. The molecule has 0 unspecified atom stereocenters. The second-order valence-corrected chi connectivity index (χ2v) is 7.14. The minimum Gasteiger partial charge on any atom is -0.456 e. The normalized spacial score (nSPS) is 11.4. The van der Waals surface area contributed by atoms with E-state index in [1.807, 2.05) is 50.4 Å². The van der Waals surface area contributed by atoms with Crippen LogP contribution < -0.4 is 5.73 Å². The summed E-state index contributed by atoms with van der Waals surface area (Å²) in [6.07, 6.45) is 0. The number of rotatable bonds is 2. The maximum Gasteiger partial charge on any atom is 0.342 e. The van der Waals surface area contributed by atoms with Gasteiger partial charge in [-0.2, -0.15) is 0 Å². The number of carbonyl (C=O) groups excluding carboxylic acids is 1.